The molecule has 19 heavy (non-hydrogen) atoms. The monoisotopic (exact) mass is 378 g/mol. The third-order valence-corrected chi connectivity index (χ3v) is 3.61. The third-order valence-electron chi connectivity index (χ3n) is 2.42. The van der Waals surface area contributed by atoms with Crippen molar-refractivity contribution in [2.75, 3.05) is 5.32 Å². The number of rotatable bonds is 2. The highest BCUT2D eigenvalue weighted by Crippen LogP contribution is 2.22. The van der Waals surface area contributed by atoms with Crippen LogP contribution < -0.4 is 5.32 Å². The summed E-state index contributed by atoms with van der Waals surface area (Å²) in [6, 6.07) is 14.2. The Kier molecular flexibility index (Phi) is 4.35. The van der Waals surface area contributed by atoms with Crippen molar-refractivity contribution in [3.8, 4) is 6.07 Å². The van der Waals surface area contributed by atoms with Crippen LogP contribution >= 0.6 is 31.9 Å². The van der Waals surface area contributed by atoms with E-state index in [4.69, 9.17) is 5.26 Å². The lowest BCUT2D eigenvalue weighted by Gasteiger charge is -2.07. The van der Waals surface area contributed by atoms with Crippen molar-refractivity contribution >= 4 is 43.5 Å². The van der Waals surface area contributed by atoms with E-state index in [1.165, 1.54) is 0 Å². The summed E-state index contributed by atoms with van der Waals surface area (Å²) in [6.45, 7) is 0. The minimum absolute atomic E-state index is 0.233. The lowest BCUT2D eigenvalue weighted by atomic mass is 10.2. The first-order chi connectivity index (χ1) is 9.10. The summed E-state index contributed by atoms with van der Waals surface area (Å²) in [6.07, 6.45) is 0. The largest absolute Gasteiger partial charge is 0.322 e. The van der Waals surface area contributed by atoms with Gasteiger partial charge in [-0.1, -0.05) is 22.0 Å². The Labute approximate surface area is 127 Å². The van der Waals surface area contributed by atoms with E-state index in [0.29, 0.717) is 21.3 Å². The molecule has 2 aromatic carbocycles. The van der Waals surface area contributed by atoms with Crippen LogP contribution in [0.4, 0.5) is 5.69 Å². The molecule has 0 aliphatic carbocycles. The zero-order chi connectivity index (χ0) is 13.8. The number of carbonyl (C=O) groups is 1. The zero-order valence-corrected chi connectivity index (χ0v) is 12.8. The average Bonchev–Trinajstić information content (AvgIpc) is 2.41. The normalized spacial score (nSPS) is 9.74. The molecular weight excluding hydrogens is 372 g/mol. The number of amides is 1. The van der Waals surface area contributed by atoms with Gasteiger partial charge in [0.1, 0.15) is 0 Å². The molecule has 94 valence electrons. The smallest absolute Gasteiger partial charge is 0.256 e. The summed E-state index contributed by atoms with van der Waals surface area (Å²) in [7, 11) is 0. The van der Waals surface area contributed by atoms with E-state index in [1.54, 1.807) is 36.4 Å². The highest BCUT2D eigenvalue weighted by atomic mass is 79.9. The number of carbonyl (C=O) groups excluding carboxylic acids is 1. The molecule has 0 fully saturated rings. The summed E-state index contributed by atoms with van der Waals surface area (Å²) < 4.78 is 1.54. The van der Waals surface area contributed by atoms with E-state index in [1.807, 2.05) is 12.1 Å². The lowest BCUT2D eigenvalue weighted by Crippen LogP contribution is -2.12. The molecule has 2 aromatic rings. The minimum atomic E-state index is -0.233. The number of anilines is 1. The Bertz CT molecular complexity index is 677. The molecule has 0 aliphatic rings. The first-order valence-corrected chi connectivity index (χ1v) is 6.95. The molecule has 0 aromatic heterocycles. The predicted octanol–water partition coefficient (Wildman–Crippen LogP) is 4.34. The van der Waals surface area contributed by atoms with Crippen LogP contribution in [0, 0.1) is 11.3 Å². The van der Waals surface area contributed by atoms with Crippen molar-refractivity contribution in [1.82, 2.24) is 0 Å². The average molecular weight is 380 g/mol. The number of nitrogens with one attached hydrogen (secondary N) is 1. The van der Waals surface area contributed by atoms with Gasteiger partial charge in [-0.2, -0.15) is 5.26 Å². The van der Waals surface area contributed by atoms with Gasteiger partial charge in [0.2, 0.25) is 0 Å². The molecule has 2 rings (SSSR count). The zero-order valence-electron chi connectivity index (χ0n) is 9.65. The molecule has 3 nitrogen and oxygen atoms in total. The number of hydrogen-bond donors (Lipinski definition) is 1. The highest BCUT2D eigenvalue weighted by molar-refractivity contribution is 9.11. The highest BCUT2D eigenvalue weighted by Gasteiger charge is 2.11. The van der Waals surface area contributed by atoms with Crippen LogP contribution in [0.15, 0.2) is 51.4 Å². The molecule has 1 amide bonds. The Hall–Kier alpha value is -1.64. The van der Waals surface area contributed by atoms with Gasteiger partial charge >= 0.3 is 0 Å². The fraction of sp³-hybridized carbons (Fsp3) is 0. The molecule has 0 bridgehead atoms. The molecule has 0 saturated heterocycles. The predicted molar refractivity (Wildman–Crippen MR) is 81.0 cm³/mol. The van der Waals surface area contributed by atoms with E-state index in [2.05, 4.69) is 37.2 Å². The lowest BCUT2D eigenvalue weighted by molar-refractivity contribution is 0.102. The molecule has 0 aliphatic heterocycles. The standard InChI is InChI=1S/C14H8Br2N2O/c15-10-4-5-13(16)12(7-10)14(19)18-11-3-1-2-9(6-11)8-17/h1-7H,(H,18,19). The molecule has 0 radical (unpaired) electrons. The van der Waals surface area contributed by atoms with Gasteiger partial charge in [-0.05, 0) is 52.3 Å². The summed E-state index contributed by atoms with van der Waals surface area (Å²) >= 11 is 6.67. The molecule has 5 heteroatoms. The molecule has 0 saturated carbocycles. The third kappa shape index (κ3) is 3.43. The second-order valence-corrected chi connectivity index (χ2v) is 5.54. The van der Waals surface area contributed by atoms with Gasteiger partial charge in [0, 0.05) is 14.6 Å². The van der Waals surface area contributed by atoms with Gasteiger partial charge in [-0.25, -0.2) is 0 Å². The van der Waals surface area contributed by atoms with E-state index in [0.717, 1.165) is 4.47 Å². The first kappa shape index (κ1) is 13.8. The molecular formula is C14H8Br2N2O. The second-order valence-electron chi connectivity index (χ2n) is 3.77. The molecule has 0 atom stereocenters. The van der Waals surface area contributed by atoms with Gasteiger partial charge in [0.05, 0.1) is 17.2 Å². The van der Waals surface area contributed by atoms with Crippen molar-refractivity contribution in [3.63, 3.8) is 0 Å². The number of benzene rings is 2. The fourth-order valence-electron chi connectivity index (χ4n) is 1.54. The summed E-state index contributed by atoms with van der Waals surface area (Å²) in [5.41, 5.74) is 1.62. The van der Waals surface area contributed by atoms with Gasteiger partial charge < -0.3 is 5.32 Å². The Morgan fingerprint density at radius 1 is 1.16 bits per heavy atom. The van der Waals surface area contributed by atoms with Crippen LogP contribution in [-0.4, -0.2) is 5.91 Å². The summed E-state index contributed by atoms with van der Waals surface area (Å²) in [5, 5.41) is 11.6. The van der Waals surface area contributed by atoms with E-state index < -0.39 is 0 Å². The summed E-state index contributed by atoms with van der Waals surface area (Å²) in [4.78, 5) is 12.1. The molecule has 0 heterocycles. The molecule has 0 unspecified atom stereocenters. The summed E-state index contributed by atoms with van der Waals surface area (Å²) in [5.74, 6) is -0.233. The molecule has 0 spiro atoms. The maximum atomic E-state index is 12.1. The maximum Gasteiger partial charge on any atom is 0.256 e. The van der Waals surface area contributed by atoms with Crippen molar-refractivity contribution in [2.24, 2.45) is 0 Å². The van der Waals surface area contributed by atoms with E-state index in [9.17, 15) is 4.79 Å². The molecule has 1 N–H and O–H groups in total. The van der Waals surface area contributed by atoms with Gasteiger partial charge in [0.15, 0.2) is 0 Å². The number of nitriles is 1. The van der Waals surface area contributed by atoms with Crippen LogP contribution in [0.25, 0.3) is 0 Å². The van der Waals surface area contributed by atoms with Gasteiger partial charge in [0.25, 0.3) is 5.91 Å². The van der Waals surface area contributed by atoms with Crippen molar-refractivity contribution in [2.45, 2.75) is 0 Å². The van der Waals surface area contributed by atoms with Gasteiger partial charge in [-0.3, -0.25) is 4.79 Å². The Balaban J connectivity index is 2.26. The quantitative estimate of drug-likeness (QED) is 0.843. The van der Waals surface area contributed by atoms with Crippen LogP contribution in [0.1, 0.15) is 15.9 Å². The second kappa shape index (κ2) is 6.00. The maximum absolute atomic E-state index is 12.1. The Morgan fingerprint density at radius 2 is 1.95 bits per heavy atom. The van der Waals surface area contributed by atoms with Crippen molar-refractivity contribution in [3.05, 3.63) is 62.5 Å². The van der Waals surface area contributed by atoms with Crippen molar-refractivity contribution < 1.29 is 4.79 Å². The number of halogens is 2. The first-order valence-electron chi connectivity index (χ1n) is 5.37. The topological polar surface area (TPSA) is 52.9 Å². The van der Waals surface area contributed by atoms with Crippen LogP contribution in [0.3, 0.4) is 0 Å². The van der Waals surface area contributed by atoms with E-state index in [-0.39, 0.29) is 5.91 Å². The number of nitrogens with zero attached hydrogens (tertiary/aromatic N) is 1. The van der Waals surface area contributed by atoms with Crippen molar-refractivity contribution in [1.29, 1.82) is 5.26 Å². The number of hydrogen-bond acceptors (Lipinski definition) is 2. The van der Waals surface area contributed by atoms with Crippen LogP contribution in [-0.2, 0) is 0 Å². The van der Waals surface area contributed by atoms with Gasteiger partial charge in [-0.15, -0.1) is 0 Å². The van der Waals surface area contributed by atoms with Crippen LogP contribution in [0.2, 0.25) is 0 Å². The fourth-order valence-corrected chi connectivity index (χ4v) is 2.32. The van der Waals surface area contributed by atoms with Crippen LogP contribution in [0.5, 0.6) is 0 Å². The van der Waals surface area contributed by atoms with E-state index >= 15 is 0 Å². The minimum Gasteiger partial charge on any atom is -0.322 e. The Morgan fingerprint density at radius 3 is 2.68 bits per heavy atom. The SMILES string of the molecule is N#Cc1cccc(NC(=O)c2cc(Br)ccc2Br)c1.